The van der Waals surface area contributed by atoms with Gasteiger partial charge in [-0.25, -0.2) is 0 Å². The van der Waals surface area contributed by atoms with Gasteiger partial charge in [-0.2, -0.15) is 0 Å². The van der Waals surface area contributed by atoms with E-state index in [4.69, 9.17) is 11.6 Å². The van der Waals surface area contributed by atoms with Crippen molar-refractivity contribution in [1.82, 2.24) is 0 Å². The summed E-state index contributed by atoms with van der Waals surface area (Å²) in [5.74, 6) is 0. The summed E-state index contributed by atoms with van der Waals surface area (Å²) in [5.41, 5.74) is 0.974. The Morgan fingerprint density at radius 2 is 1.82 bits per heavy atom. The van der Waals surface area contributed by atoms with Crippen LogP contribution in [0.4, 0.5) is 0 Å². The van der Waals surface area contributed by atoms with Crippen LogP contribution in [0, 0.1) is 0 Å². The first-order chi connectivity index (χ1) is 5.33. The fourth-order valence-corrected chi connectivity index (χ4v) is 0.850. The topological polar surface area (TPSA) is 17.1 Å². The van der Waals surface area contributed by atoms with Crippen molar-refractivity contribution in [2.24, 2.45) is 0 Å². The summed E-state index contributed by atoms with van der Waals surface area (Å²) >= 11 is 5.65. The molecule has 1 aromatic carbocycles. The maximum absolute atomic E-state index is 9.93. The lowest BCUT2D eigenvalue weighted by Gasteiger charge is -1.90. The molecule has 0 saturated carbocycles. The zero-order valence-corrected chi connectivity index (χ0v) is 6.58. The highest BCUT2D eigenvalue weighted by atomic mass is 35.5. The fraction of sp³-hybridized carbons (Fsp3) is 0. The van der Waals surface area contributed by atoms with Crippen molar-refractivity contribution in [3.05, 3.63) is 40.9 Å². The molecule has 0 fully saturated rings. The zero-order chi connectivity index (χ0) is 8.10. The normalized spacial score (nSPS) is 10.3. The lowest BCUT2D eigenvalue weighted by atomic mass is 10.2. The third-order valence-corrected chi connectivity index (χ3v) is 1.49. The van der Waals surface area contributed by atoms with Gasteiger partial charge in [0.1, 0.15) is 6.29 Å². The molecule has 0 heterocycles. The number of rotatable bonds is 2. The van der Waals surface area contributed by atoms with Gasteiger partial charge in [-0.1, -0.05) is 29.8 Å². The highest BCUT2D eigenvalue weighted by molar-refractivity contribution is 6.30. The molecule has 0 spiro atoms. The maximum atomic E-state index is 9.93. The van der Waals surface area contributed by atoms with Crippen LogP contribution in [0.15, 0.2) is 30.3 Å². The second-order valence-corrected chi connectivity index (χ2v) is 2.48. The van der Waals surface area contributed by atoms with Crippen LogP contribution in [0.3, 0.4) is 0 Å². The number of benzene rings is 1. The van der Waals surface area contributed by atoms with E-state index in [9.17, 15) is 4.79 Å². The van der Waals surface area contributed by atoms with Crippen molar-refractivity contribution in [3.8, 4) is 0 Å². The first-order valence-corrected chi connectivity index (χ1v) is 3.58. The number of carbonyl (C=O) groups is 1. The molecule has 0 aliphatic heterocycles. The number of halogens is 1. The second-order valence-electron chi connectivity index (χ2n) is 2.05. The SMILES string of the molecule is O=C/C=C/c1ccc(Cl)cc1. The predicted octanol–water partition coefficient (Wildman–Crippen LogP) is 2.55. The lowest BCUT2D eigenvalue weighted by molar-refractivity contribution is -0.104. The molecule has 0 aliphatic rings. The smallest absolute Gasteiger partial charge is 0.142 e. The minimum atomic E-state index is 0.702. The van der Waals surface area contributed by atoms with Gasteiger partial charge >= 0.3 is 0 Å². The van der Waals surface area contributed by atoms with E-state index in [1.54, 1.807) is 18.2 Å². The Morgan fingerprint density at radius 3 is 2.36 bits per heavy atom. The number of hydrogen-bond donors (Lipinski definition) is 0. The summed E-state index contributed by atoms with van der Waals surface area (Å²) in [6, 6.07) is 7.27. The van der Waals surface area contributed by atoms with Crippen molar-refractivity contribution >= 4 is 24.0 Å². The average Bonchev–Trinajstić information content (AvgIpc) is 2.04. The van der Waals surface area contributed by atoms with Gasteiger partial charge < -0.3 is 0 Å². The summed E-state index contributed by atoms with van der Waals surface area (Å²) in [6.45, 7) is 0. The van der Waals surface area contributed by atoms with Crippen molar-refractivity contribution in [1.29, 1.82) is 0 Å². The van der Waals surface area contributed by atoms with E-state index in [2.05, 4.69) is 0 Å². The minimum absolute atomic E-state index is 0.702. The van der Waals surface area contributed by atoms with E-state index < -0.39 is 0 Å². The third kappa shape index (κ3) is 2.56. The van der Waals surface area contributed by atoms with E-state index >= 15 is 0 Å². The average molecular weight is 167 g/mol. The van der Waals surface area contributed by atoms with Gasteiger partial charge in [0, 0.05) is 5.02 Å². The Morgan fingerprint density at radius 1 is 1.18 bits per heavy atom. The largest absolute Gasteiger partial charge is 0.299 e. The molecule has 0 bridgehead atoms. The molecule has 1 rings (SSSR count). The number of allylic oxidation sites excluding steroid dienone is 1. The first kappa shape index (κ1) is 8.02. The van der Waals surface area contributed by atoms with Crippen LogP contribution in [0.1, 0.15) is 5.56 Å². The standard InChI is InChI=1S/C9H7ClO/c10-9-5-3-8(4-6-9)2-1-7-11/h1-7H/b2-1+. The zero-order valence-electron chi connectivity index (χ0n) is 5.83. The van der Waals surface area contributed by atoms with Gasteiger partial charge in [-0.3, -0.25) is 4.79 Å². The number of aldehydes is 1. The molecule has 1 aromatic rings. The number of hydrogen-bond acceptors (Lipinski definition) is 1. The van der Waals surface area contributed by atoms with E-state index in [0.717, 1.165) is 11.8 Å². The second kappa shape index (κ2) is 3.94. The highest BCUT2D eigenvalue weighted by Crippen LogP contribution is 2.09. The van der Waals surface area contributed by atoms with E-state index in [1.165, 1.54) is 6.08 Å². The van der Waals surface area contributed by atoms with Crippen LogP contribution in [0.25, 0.3) is 6.08 Å². The Labute approximate surface area is 70.3 Å². The van der Waals surface area contributed by atoms with Gasteiger partial charge in [0.15, 0.2) is 0 Å². The summed E-state index contributed by atoms with van der Waals surface area (Å²) in [5, 5.41) is 0.702. The van der Waals surface area contributed by atoms with Gasteiger partial charge in [-0.05, 0) is 23.8 Å². The molecular weight excluding hydrogens is 160 g/mol. The monoisotopic (exact) mass is 166 g/mol. The molecule has 0 radical (unpaired) electrons. The maximum Gasteiger partial charge on any atom is 0.142 e. The molecule has 0 saturated heterocycles. The van der Waals surface area contributed by atoms with E-state index in [-0.39, 0.29) is 0 Å². The summed E-state index contributed by atoms with van der Waals surface area (Å²) < 4.78 is 0. The molecule has 11 heavy (non-hydrogen) atoms. The minimum Gasteiger partial charge on any atom is -0.299 e. The van der Waals surface area contributed by atoms with Crippen LogP contribution in [0.5, 0.6) is 0 Å². The predicted molar refractivity (Wildman–Crippen MR) is 46.6 cm³/mol. The van der Waals surface area contributed by atoms with Gasteiger partial charge in [0.05, 0.1) is 0 Å². The van der Waals surface area contributed by atoms with Crippen molar-refractivity contribution in [2.45, 2.75) is 0 Å². The molecule has 0 aromatic heterocycles. The summed E-state index contributed by atoms with van der Waals surface area (Å²) in [7, 11) is 0. The Kier molecular flexibility index (Phi) is 2.87. The van der Waals surface area contributed by atoms with Crippen LogP contribution in [-0.4, -0.2) is 6.29 Å². The summed E-state index contributed by atoms with van der Waals surface area (Å²) in [4.78, 5) is 9.93. The van der Waals surface area contributed by atoms with Gasteiger partial charge in [-0.15, -0.1) is 0 Å². The molecule has 2 heteroatoms. The van der Waals surface area contributed by atoms with E-state index in [1.807, 2.05) is 12.1 Å². The van der Waals surface area contributed by atoms with Crippen molar-refractivity contribution in [3.63, 3.8) is 0 Å². The molecular formula is C9H7ClO. The lowest BCUT2D eigenvalue weighted by Crippen LogP contribution is -1.70. The quantitative estimate of drug-likeness (QED) is 0.488. The first-order valence-electron chi connectivity index (χ1n) is 3.20. The summed E-state index contributed by atoms with van der Waals surface area (Å²) in [6.07, 6.45) is 3.92. The van der Waals surface area contributed by atoms with Crippen LogP contribution in [-0.2, 0) is 4.79 Å². The molecule has 0 amide bonds. The van der Waals surface area contributed by atoms with Crippen molar-refractivity contribution in [2.75, 3.05) is 0 Å². The highest BCUT2D eigenvalue weighted by Gasteiger charge is 1.85. The Bertz CT molecular complexity index is 261. The van der Waals surface area contributed by atoms with E-state index in [0.29, 0.717) is 5.02 Å². The number of carbonyl (C=O) groups excluding carboxylic acids is 1. The molecule has 0 unspecified atom stereocenters. The van der Waals surface area contributed by atoms with Crippen LogP contribution < -0.4 is 0 Å². The van der Waals surface area contributed by atoms with Crippen LogP contribution >= 0.6 is 11.6 Å². The molecule has 0 aliphatic carbocycles. The molecule has 56 valence electrons. The molecule has 1 nitrogen and oxygen atoms in total. The fourth-order valence-electron chi connectivity index (χ4n) is 0.724. The van der Waals surface area contributed by atoms with Gasteiger partial charge in [0.25, 0.3) is 0 Å². The van der Waals surface area contributed by atoms with Crippen molar-refractivity contribution < 1.29 is 4.79 Å². The molecule has 0 atom stereocenters. The van der Waals surface area contributed by atoms with Gasteiger partial charge in [0.2, 0.25) is 0 Å². The Balaban J connectivity index is 2.81. The third-order valence-electron chi connectivity index (χ3n) is 1.24. The molecule has 0 N–H and O–H groups in total. The Hall–Kier alpha value is -1.08. The van der Waals surface area contributed by atoms with Crippen LogP contribution in [0.2, 0.25) is 5.02 Å².